The summed E-state index contributed by atoms with van der Waals surface area (Å²) in [5, 5.41) is 8.55. The summed E-state index contributed by atoms with van der Waals surface area (Å²) in [6.07, 6.45) is 2.02. The molecule has 1 atom stereocenters. The van der Waals surface area contributed by atoms with E-state index in [0.717, 1.165) is 12.8 Å². The summed E-state index contributed by atoms with van der Waals surface area (Å²) < 4.78 is 0.662. The van der Waals surface area contributed by atoms with E-state index in [9.17, 15) is 14.4 Å². The highest BCUT2D eigenvalue weighted by molar-refractivity contribution is 9.10. The molecule has 0 bridgehead atoms. The fourth-order valence-corrected chi connectivity index (χ4v) is 3.32. The Kier molecular flexibility index (Phi) is 6.69. The Labute approximate surface area is 178 Å². The van der Waals surface area contributed by atoms with Gasteiger partial charge in [-0.15, -0.1) is 0 Å². The minimum atomic E-state index is -0.724. The van der Waals surface area contributed by atoms with Crippen molar-refractivity contribution < 1.29 is 14.4 Å². The number of hydrogen-bond donors (Lipinski definition) is 3. The quantitative estimate of drug-likeness (QED) is 0.591. The minimum Gasteiger partial charge on any atom is -0.349 e. The lowest BCUT2D eigenvalue weighted by atomic mass is 10.0. The van der Waals surface area contributed by atoms with E-state index in [1.807, 2.05) is 19.9 Å². The number of carbonyl (C=O) groups excluding carboxylic acids is 3. The van der Waals surface area contributed by atoms with Crippen LogP contribution in [0.5, 0.6) is 0 Å². The zero-order chi connectivity index (χ0) is 21.0. The van der Waals surface area contributed by atoms with Crippen molar-refractivity contribution in [3.8, 4) is 0 Å². The first-order chi connectivity index (χ1) is 13.8. The number of anilines is 1. The van der Waals surface area contributed by atoms with E-state index in [4.69, 9.17) is 0 Å². The summed E-state index contributed by atoms with van der Waals surface area (Å²) in [6.45, 7) is 3.73. The lowest BCUT2D eigenvalue weighted by Crippen LogP contribution is -2.47. The molecule has 0 saturated heterocycles. The smallest absolute Gasteiger partial charge is 0.253 e. The van der Waals surface area contributed by atoms with Gasteiger partial charge < -0.3 is 16.0 Å². The Bertz CT molecular complexity index is 925. The monoisotopic (exact) mass is 457 g/mol. The lowest BCUT2D eigenvalue weighted by Gasteiger charge is -2.22. The van der Waals surface area contributed by atoms with Crippen LogP contribution in [-0.4, -0.2) is 29.8 Å². The first-order valence-electron chi connectivity index (χ1n) is 9.62. The molecule has 0 spiro atoms. The summed E-state index contributed by atoms with van der Waals surface area (Å²) in [7, 11) is 0. The van der Waals surface area contributed by atoms with Crippen molar-refractivity contribution in [2.24, 2.45) is 5.92 Å². The summed E-state index contributed by atoms with van der Waals surface area (Å²) >= 11 is 3.36. The highest BCUT2D eigenvalue weighted by Crippen LogP contribution is 2.20. The highest BCUT2D eigenvalue weighted by atomic mass is 79.9. The molecule has 0 radical (unpaired) electrons. The van der Waals surface area contributed by atoms with Crippen molar-refractivity contribution in [2.45, 2.75) is 38.8 Å². The predicted molar refractivity (Wildman–Crippen MR) is 116 cm³/mol. The molecule has 1 aliphatic rings. The Morgan fingerprint density at radius 2 is 1.72 bits per heavy atom. The highest BCUT2D eigenvalue weighted by Gasteiger charge is 2.26. The molecule has 3 rings (SSSR count). The Morgan fingerprint density at radius 1 is 1.00 bits per heavy atom. The van der Waals surface area contributed by atoms with Crippen LogP contribution in [0.3, 0.4) is 0 Å². The van der Waals surface area contributed by atoms with E-state index in [1.165, 1.54) is 0 Å². The standard InChI is InChI=1S/C22H24BrN3O3/c1-13(2)19(26-21(28)17-8-3-4-9-18(17)23)22(29)25-16-7-5-6-14(12-16)20(27)24-15-10-11-15/h3-9,12-13,15,19H,10-11H2,1-2H3,(H,24,27)(H,25,29)(H,26,28)/t19-/m0/s1. The first kappa shape index (κ1) is 21.0. The molecule has 3 N–H and O–H groups in total. The van der Waals surface area contributed by atoms with Crippen LogP contribution in [0.2, 0.25) is 0 Å². The number of amides is 3. The molecule has 2 aromatic carbocycles. The summed E-state index contributed by atoms with van der Waals surface area (Å²) in [5.41, 5.74) is 1.47. The van der Waals surface area contributed by atoms with Gasteiger partial charge in [0.1, 0.15) is 6.04 Å². The zero-order valence-corrected chi connectivity index (χ0v) is 18.0. The van der Waals surface area contributed by atoms with Gasteiger partial charge in [-0.3, -0.25) is 14.4 Å². The summed E-state index contributed by atoms with van der Waals surface area (Å²) in [6, 6.07) is 13.4. The maximum absolute atomic E-state index is 12.8. The van der Waals surface area contributed by atoms with E-state index < -0.39 is 6.04 Å². The van der Waals surface area contributed by atoms with Crippen LogP contribution >= 0.6 is 15.9 Å². The largest absolute Gasteiger partial charge is 0.349 e. The third-order valence-corrected chi connectivity index (χ3v) is 5.35. The van der Waals surface area contributed by atoms with Gasteiger partial charge in [0.05, 0.1) is 5.56 Å². The van der Waals surface area contributed by atoms with Crippen molar-refractivity contribution >= 4 is 39.3 Å². The number of carbonyl (C=O) groups is 3. The molecule has 0 unspecified atom stereocenters. The lowest BCUT2D eigenvalue weighted by molar-refractivity contribution is -0.118. The fourth-order valence-electron chi connectivity index (χ4n) is 2.85. The van der Waals surface area contributed by atoms with Gasteiger partial charge in [0, 0.05) is 21.8 Å². The van der Waals surface area contributed by atoms with Gasteiger partial charge in [0.15, 0.2) is 0 Å². The fraction of sp³-hybridized carbons (Fsp3) is 0.318. The SMILES string of the molecule is CC(C)[C@H](NC(=O)c1ccccc1Br)C(=O)Nc1cccc(C(=O)NC2CC2)c1. The van der Waals surface area contributed by atoms with E-state index in [2.05, 4.69) is 31.9 Å². The van der Waals surface area contributed by atoms with E-state index in [1.54, 1.807) is 42.5 Å². The van der Waals surface area contributed by atoms with Gasteiger partial charge in [-0.25, -0.2) is 0 Å². The van der Waals surface area contributed by atoms with Crippen molar-refractivity contribution in [3.05, 3.63) is 64.1 Å². The number of hydrogen-bond acceptors (Lipinski definition) is 3. The van der Waals surface area contributed by atoms with Gasteiger partial charge in [-0.05, 0) is 65.0 Å². The maximum Gasteiger partial charge on any atom is 0.253 e. The molecule has 0 aliphatic heterocycles. The second kappa shape index (κ2) is 9.22. The third-order valence-electron chi connectivity index (χ3n) is 4.66. The molecular weight excluding hydrogens is 434 g/mol. The van der Waals surface area contributed by atoms with Crippen LogP contribution in [0.4, 0.5) is 5.69 Å². The van der Waals surface area contributed by atoms with Gasteiger partial charge in [-0.2, -0.15) is 0 Å². The molecule has 1 saturated carbocycles. The molecule has 29 heavy (non-hydrogen) atoms. The van der Waals surface area contributed by atoms with Crippen LogP contribution in [-0.2, 0) is 4.79 Å². The average molecular weight is 458 g/mol. The van der Waals surface area contributed by atoms with Crippen molar-refractivity contribution in [1.29, 1.82) is 0 Å². The predicted octanol–water partition coefficient (Wildman–Crippen LogP) is 3.73. The van der Waals surface area contributed by atoms with Crippen LogP contribution < -0.4 is 16.0 Å². The van der Waals surface area contributed by atoms with Gasteiger partial charge in [0.2, 0.25) is 5.91 Å². The Morgan fingerprint density at radius 3 is 2.38 bits per heavy atom. The zero-order valence-electron chi connectivity index (χ0n) is 16.4. The average Bonchev–Trinajstić information content (AvgIpc) is 3.50. The van der Waals surface area contributed by atoms with Gasteiger partial charge >= 0.3 is 0 Å². The minimum absolute atomic E-state index is 0.122. The number of halogens is 1. The third kappa shape index (κ3) is 5.67. The summed E-state index contributed by atoms with van der Waals surface area (Å²) in [5.74, 6) is -0.932. The van der Waals surface area contributed by atoms with Gasteiger partial charge in [-0.1, -0.05) is 32.0 Å². The van der Waals surface area contributed by atoms with E-state index in [-0.39, 0.29) is 29.7 Å². The van der Waals surface area contributed by atoms with E-state index in [0.29, 0.717) is 21.3 Å². The van der Waals surface area contributed by atoms with Crippen molar-refractivity contribution in [2.75, 3.05) is 5.32 Å². The molecule has 1 fully saturated rings. The van der Waals surface area contributed by atoms with Crippen LogP contribution in [0.25, 0.3) is 0 Å². The summed E-state index contributed by atoms with van der Waals surface area (Å²) in [4.78, 5) is 37.7. The second-order valence-electron chi connectivity index (χ2n) is 7.49. The molecule has 1 aliphatic carbocycles. The molecule has 152 valence electrons. The van der Waals surface area contributed by atoms with Crippen LogP contribution in [0, 0.1) is 5.92 Å². The van der Waals surface area contributed by atoms with Crippen molar-refractivity contribution in [3.63, 3.8) is 0 Å². The number of rotatable bonds is 7. The van der Waals surface area contributed by atoms with Crippen LogP contribution in [0.1, 0.15) is 47.4 Å². The Balaban J connectivity index is 1.69. The molecule has 2 aromatic rings. The molecular formula is C22H24BrN3O3. The molecule has 0 aromatic heterocycles. The first-order valence-corrected chi connectivity index (χ1v) is 10.4. The van der Waals surface area contributed by atoms with E-state index >= 15 is 0 Å². The molecule has 0 heterocycles. The molecule has 3 amide bonds. The topological polar surface area (TPSA) is 87.3 Å². The van der Waals surface area contributed by atoms with Gasteiger partial charge in [0.25, 0.3) is 11.8 Å². The molecule has 6 nitrogen and oxygen atoms in total. The van der Waals surface area contributed by atoms with Crippen molar-refractivity contribution in [1.82, 2.24) is 10.6 Å². The second-order valence-corrected chi connectivity index (χ2v) is 8.35. The number of nitrogens with one attached hydrogen (secondary N) is 3. The molecule has 7 heteroatoms. The Hall–Kier alpha value is -2.67. The van der Waals surface area contributed by atoms with Crippen LogP contribution in [0.15, 0.2) is 53.0 Å². The normalized spacial score (nSPS) is 14.2. The number of benzene rings is 2. The maximum atomic E-state index is 12.8.